The van der Waals surface area contributed by atoms with Gasteiger partial charge in [0.05, 0.1) is 28.1 Å². The molecule has 29 heavy (non-hydrogen) atoms. The molecular weight excluding hydrogens is 392 g/mol. The van der Waals surface area contributed by atoms with Gasteiger partial charge >= 0.3 is 0 Å². The number of rotatable bonds is 5. The van der Waals surface area contributed by atoms with Crippen LogP contribution >= 0.6 is 12.2 Å². The molecule has 10 heteroatoms. The average Bonchev–Trinajstić information content (AvgIpc) is 2.92. The van der Waals surface area contributed by atoms with Crippen molar-refractivity contribution in [3.8, 4) is 5.69 Å². The van der Waals surface area contributed by atoms with E-state index in [4.69, 9.17) is 12.2 Å². The Morgan fingerprint density at radius 1 is 1.17 bits per heavy atom. The molecule has 0 bridgehead atoms. The average molecular weight is 410 g/mol. The summed E-state index contributed by atoms with van der Waals surface area (Å²) in [6.07, 6.45) is 1.30. The lowest BCUT2D eigenvalue weighted by atomic mass is 10.2. The van der Waals surface area contributed by atoms with Gasteiger partial charge in [-0.05, 0) is 37.3 Å². The summed E-state index contributed by atoms with van der Waals surface area (Å²) < 4.78 is 3.25. The van der Waals surface area contributed by atoms with Crippen LogP contribution in [-0.2, 0) is 7.05 Å². The van der Waals surface area contributed by atoms with Crippen LogP contribution in [0.2, 0.25) is 0 Å². The summed E-state index contributed by atoms with van der Waals surface area (Å²) in [5.41, 5.74) is 4.30. The molecule has 0 saturated carbocycles. The van der Waals surface area contributed by atoms with Crippen molar-refractivity contribution < 1.29 is 4.92 Å². The number of hydrogen-bond acceptors (Lipinski definition) is 5. The van der Waals surface area contributed by atoms with E-state index in [0.717, 1.165) is 5.69 Å². The van der Waals surface area contributed by atoms with E-state index in [9.17, 15) is 14.9 Å². The summed E-state index contributed by atoms with van der Waals surface area (Å²) in [7, 11) is 1.78. The quantitative estimate of drug-likeness (QED) is 0.290. The fraction of sp³-hybridized carbons (Fsp3) is 0.105. The first-order valence-corrected chi connectivity index (χ1v) is 8.98. The summed E-state index contributed by atoms with van der Waals surface area (Å²) in [4.78, 5) is 23.4. The molecule has 1 heterocycles. The van der Waals surface area contributed by atoms with Crippen molar-refractivity contribution in [3.05, 3.63) is 86.3 Å². The maximum Gasteiger partial charge on any atom is 0.295 e. The molecule has 0 aliphatic heterocycles. The summed E-state index contributed by atoms with van der Waals surface area (Å²) >= 11 is 5.20. The predicted molar refractivity (Wildman–Crippen MR) is 116 cm³/mol. The smallest absolute Gasteiger partial charge is 0.295 e. The Balaban J connectivity index is 1.77. The van der Waals surface area contributed by atoms with Crippen LogP contribution in [0, 0.1) is 17.0 Å². The van der Waals surface area contributed by atoms with Crippen molar-refractivity contribution in [3.63, 3.8) is 0 Å². The van der Waals surface area contributed by atoms with Gasteiger partial charge in [0.25, 0.3) is 11.2 Å². The minimum absolute atomic E-state index is 0.0680. The Labute approximate surface area is 171 Å². The molecule has 2 N–H and O–H groups in total. The topological polar surface area (TPSA) is 106 Å². The van der Waals surface area contributed by atoms with Gasteiger partial charge in [0.2, 0.25) is 0 Å². The van der Waals surface area contributed by atoms with E-state index in [1.54, 1.807) is 36.9 Å². The SMILES string of the molecule is Cc1c(NC(=S)N/N=C/c2ccccc2[N+](=O)[O-])c(=O)n(-c2ccccc2)n1C. The van der Waals surface area contributed by atoms with Crippen molar-refractivity contribution >= 4 is 34.9 Å². The maximum absolute atomic E-state index is 12.8. The Hall–Kier alpha value is -3.79. The van der Waals surface area contributed by atoms with E-state index >= 15 is 0 Å². The summed E-state index contributed by atoms with van der Waals surface area (Å²) in [6.45, 7) is 1.79. The van der Waals surface area contributed by atoms with E-state index in [-0.39, 0.29) is 16.4 Å². The lowest BCUT2D eigenvalue weighted by Crippen LogP contribution is -2.28. The van der Waals surface area contributed by atoms with E-state index < -0.39 is 4.92 Å². The molecule has 2 aromatic carbocycles. The third-order valence-electron chi connectivity index (χ3n) is 4.30. The molecule has 0 fully saturated rings. The van der Waals surface area contributed by atoms with E-state index in [0.29, 0.717) is 16.9 Å². The molecule has 0 aliphatic rings. The first-order chi connectivity index (χ1) is 13.9. The number of nitro benzene ring substituents is 1. The van der Waals surface area contributed by atoms with Gasteiger partial charge in [0, 0.05) is 13.1 Å². The lowest BCUT2D eigenvalue weighted by Gasteiger charge is -2.07. The number of nitro groups is 1. The second kappa shape index (κ2) is 8.48. The highest BCUT2D eigenvalue weighted by Gasteiger charge is 2.17. The van der Waals surface area contributed by atoms with Crippen LogP contribution in [0.1, 0.15) is 11.3 Å². The number of aromatic nitrogens is 2. The number of hydrazone groups is 1. The predicted octanol–water partition coefficient (Wildman–Crippen LogP) is 2.71. The van der Waals surface area contributed by atoms with Crippen LogP contribution < -0.4 is 16.3 Å². The zero-order valence-corrected chi connectivity index (χ0v) is 16.5. The third kappa shape index (κ3) is 4.22. The van der Waals surface area contributed by atoms with Gasteiger partial charge < -0.3 is 5.32 Å². The zero-order chi connectivity index (χ0) is 21.0. The second-order valence-electron chi connectivity index (χ2n) is 6.08. The van der Waals surface area contributed by atoms with Gasteiger partial charge in [-0.1, -0.05) is 30.3 Å². The molecule has 0 atom stereocenters. The number of para-hydroxylation sites is 2. The summed E-state index contributed by atoms with van der Waals surface area (Å²) in [5, 5.41) is 17.9. The number of anilines is 1. The Kier molecular flexibility index (Phi) is 5.84. The molecule has 0 saturated heterocycles. The normalized spacial score (nSPS) is 10.8. The molecule has 0 radical (unpaired) electrons. The molecule has 3 rings (SSSR count). The molecule has 0 amide bonds. The van der Waals surface area contributed by atoms with Gasteiger partial charge in [-0.15, -0.1) is 0 Å². The monoisotopic (exact) mass is 410 g/mol. The van der Waals surface area contributed by atoms with Gasteiger partial charge in [-0.2, -0.15) is 5.10 Å². The van der Waals surface area contributed by atoms with Gasteiger partial charge in [-0.25, -0.2) is 4.68 Å². The first kappa shape index (κ1) is 20.0. The summed E-state index contributed by atoms with van der Waals surface area (Å²) in [6, 6.07) is 15.4. The van der Waals surface area contributed by atoms with E-state index in [1.165, 1.54) is 17.0 Å². The van der Waals surface area contributed by atoms with Crippen molar-refractivity contribution in [2.45, 2.75) is 6.92 Å². The highest BCUT2D eigenvalue weighted by Crippen LogP contribution is 2.15. The fourth-order valence-electron chi connectivity index (χ4n) is 2.78. The van der Waals surface area contributed by atoms with Crippen LogP contribution in [0.3, 0.4) is 0 Å². The minimum atomic E-state index is -0.489. The van der Waals surface area contributed by atoms with Crippen LogP contribution in [0.25, 0.3) is 5.69 Å². The molecular formula is C19H18N6O3S. The molecule has 148 valence electrons. The first-order valence-electron chi connectivity index (χ1n) is 8.57. The van der Waals surface area contributed by atoms with Crippen LogP contribution in [-0.4, -0.2) is 25.6 Å². The number of nitrogens with zero attached hydrogens (tertiary/aromatic N) is 4. The van der Waals surface area contributed by atoms with E-state index in [2.05, 4.69) is 15.8 Å². The van der Waals surface area contributed by atoms with Gasteiger partial charge in [0.1, 0.15) is 5.69 Å². The molecule has 9 nitrogen and oxygen atoms in total. The Morgan fingerprint density at radius 3 is 2.52 bits per heavy atom. The molecule has 1 aromatic heterocycles. The molecule has 0 aliphatic carbocycles. The molecule has 3 aromatic rings. The molecule has 0 unspecified atom stereocenters. The summed E-state index contributed by atoms with van der Waals surface area (Å²) in [5.74, 6) is 0. The minimum Gasteiger partial charge on any atom is -0.325 e. The fourth-order valence-corrected chi connectivity index (χ4v) is 2.93. The van der Waals surface area contributed by atoms with Crippen LogP contribution in [0.15, 0.2) is 64.5 Å². The van der Waals surface area contributed by atoms with Crippen molar-refractivity contribution in [2.75, 3.05) is 5.32 Å². The number of thiocarbonyl (C=S) groups is 1. The number of nitrogens with one attached hydrogen (secondary N) is 2. The van der Waals surface area contributed by atoms with Gasteiger partial charge in [0.15, 0.2) is 5.11 Å². The standard InChI is InChI=1S/C19H18N6O3S/c1-13-17(18(26)24(23(13)2)15-9-4-3-5-10-15)21-19(29)22-20-12-14-8-6-7-11-16(14)25(27)28/h3-12H,1-2H3,(H2,21,22,29)/b20-12+. The largest absolute Gasteiger partial charge is 0.325 e. The Morgan fingerprint density at radius 2 is 1.83 bits per heavy atom. The van der Waals surface area contributed by atoms with Crippen LogP contribution in [0.4, 0.5) is 11.4 Å². The second-order valence-corrected chi connectivity index (χ2v) is 6.48. The van der Waals surface area contributed by atoms with Crippen molar-refractivity contribution in [2.24, 2.45) is 12.1 Å². The lowest BCUT2D eigenvalue weighted by molar-refractivity contribution is -0.385. The number of benzene rings is 2. The number of hydrogen-bond donors (Lipinski definition) is 2. The highest BCUT2D eigenvalue weighted by atomic mass is 32.1. The molecule has 0 spiro atoms. The van der Waals surface area contributed by atoms with Crippen molar-refractivity contribution in [1.29, 1.82) is 0 Å². The van der Waals surface area contributed by atoms with Gasteiger partial charge in [-0.3, -0.25) is 25.0 Å². The third-order valence-corrected chi connectivity index (χ3v) is 4.49. The Bertz CT molecular complexity index is 1150. The zero-order valence-electron chi connectivity index (χ0n) is 15.7. The van der Waals surface area contributed by atoms with E-state index in [1.807, 2.05) is 30.3 Å². The maximum atomic E-state index is 12.8. The van der Waals surface area contributed by atoms with Crippen LogP contribution in [0.5, 0.6) is 0 Å². The highest BCUT2D eigenvalue weighted by molar-refractivity contribution is 7.80. The van der Waals surface area contributed by atoms with Crippen molar-refractivity contribution in [1.82, 2.24) is 14.8 Å².